The molecule has 15 nitrogen and oxygen atoms in total. The van der Waals surface area contributed by atoms with E-state index in [-0.39, 0.29) is 43.2 Å². The number of hydrogen-bond acceptors (Lipinski definition) is 9. The fourth-order valence-electron chi connectivity index (χ4n) is 6.73. The van der Waals surface area contributed by atoms with E-state index in [0.29, 0.717) is 68.9 Å². The van der Waals surface area contributed by atoms with E-state index in [1.165, 1.54) is 14.0 Å². The Morgan fingerprint density at radius 1 is 0.925 bits per heavy atom. The minimum absolute atomic E-state index is 0.0545. The molecule has 0 saturated carbocycles. The maximum Gasteiger partial charge on any atom is 0.272 e. The van der Waals surface area contributed by atoms with Gasteiger partial charge in [-0.2, -0.15) is 5.10 Å². The number of aryl methyl sites for hydroxylation is 3. The third kappa shape index (κ3) is 11.9. The minimum atomic E-state index is -1.23. The van der Waals surface area contributed by atoms with Crippen LogP contribution in [0.2, 0.25) is 0 Å². The average molecular weight is 740 g/mol. The van der Waals surface area contributed by atoms with Gasteiger partial charge in [0.05, 0.1) is 18.9 Å². The molecule has 3 atom stereocenters. The molecule has 0 radical (unpaired) electrons. The standard InChI is InChI=1S/C38H57N7O8/c1-24(2)21-29-36(49)42-34(25(3)46)37(50)40-17-8-9-19-45(38(51)35-27-11-6-7-12-28(27)43-44(35)4)20-10-18-39-33(48)23-53-30-15-13-26(22-31(30)52-5)14-16-32(47)41-29/h13,15,22,24-25,29,34,46H,6-12,14,16-21,23H2,1-5H3,(H,39,48)(H,40,50)(H,41,47)(H,42,49)/t25-,29-,34+/m1/s1. The topological polar surface area (TPSA) is 193 Å². The van der Waals surface area contributed by atoms with Crippen molar-refractivity contribution in [3.63, 3.8) is 0 Å². The second-order valence-corrected chi connectivity index (χ2v) is 14.3. The predicted octanol–water partition coefficient (Wildman–Crippen LogP) is 1.57. The first-order valence-corrected chi connectivity index (χ1v) is 18.8. The number of carbonyl (C=O) groups is 5. The highest BCUT2D eigenvalue weighted by Gasteiger charge is 2.31. The number of hydrogen-bond donors (Lipinski definition) is 5. The highest BCUT2D eigenvalue weighted by molar-refractivity contribution is 5.94. The number of aliphatic hydroxyl groups excluding tert-OH is 1. The van der Waals surface area contributed by atoms with Crippen LogP contribution >= 0.6 is 0 Å². The number of methoxy groups -OCH3 is 1. The summed E-state index contributed by atoms with van der Waals surface area (Å²) in [5, 5.41) is 26.2. The van der Waals surface area contributed by atoms with Gasteiger partial charge in [-0.05, 0) is 88.3 Å². The van der Waals surface area contributed by atoms with Crippen LogP contribution in [0.4, 0.5) is 0 Å². The van der Waals surface area contributed by atoms with Gasteiger partial charge in [0.15, 0.2) is 18.1 Å². The Morgan fingerprint density at radius 2 is 1.66 bits per heavy atom. The first-order chi connectivity index (χ1) is 25.4. The lowest BCUT2D eigenvalue weighted by Gasteiger charge is -2.26. The van der Waals surface area contributed by atoms with Crippen molar-refractivity contribution in [2.45, 2.75) is 103 Å². The van der Waals surface area contributed by atoms with Gasteiger partial charge in [-0.3, -0.25) is 28.7 Å². The molecule has 0 saturated heterocycles. The Morgan fingerprint density at radius 3 is 2.40 bits per heavy atom. The van der Waals surface area contributed by atoms with Crippen molar-refractivity contribution in [1.82, 2.24) is 35.9 Å². The number of aromatic nitrogens is 2. The molecule has 1 aromatic heterocycles. The van der Waals surface area contributed by atoms with E-state index in [0.717, 1.165) is 42.5 Å². The molecule has 1 aliphatic carbocycles. The summed E-state index contributed by atoms with van der Waals surface area (Å²) in [6.45, 7) is 6.43. The predicted molar refractivity (Wildman–Crippen MR) is 197 cm³/mol. The van der Waals surface area contributed by atoms with E-state index in [4.69, 9.17) is 9.47 Å². The Kier molecular flexibility index (Phi) is 15.5. The first kappa shape index (κ1) is 41.1. The lowest BCUT2D eigenvalue weighted by atomic mass is 9.95. The highest BCUT2D eigenvalue weighted by Crippen LogP contribution is 2.29. The second-order valence-electron chi connectivity index (χ2n) is 14.3. The summed E-state index contributed by atoms with van der Waals surface area (Å²) in [5.41, 5.74) is 3.35. The fourth-order valence-corrected chi connectivity index (χ4v) is 6.73. The van der Waals surface area contributed by atoms with E-state index in [1.54, 1.807) is 34.8 Å². The third-order valence-electron chi connectivity index (χ3n) is 9.54. The van der Waals surface area contributed by atoms with Gasteiger partial charge >= 0.3 is 0 Å². The summed E-state index contributed by atoms with van der Waals surface area (Å²) in [5.74, 6) is -1.06. The van der Waals surface area contributed by atoms with Crippen molar-refractivity contribution in [3.8, 4) is 11.5 Å². The molecule has 292 valence electrons. The second kappa shape index (κ2) is 20.0. The van der Waals surface area contributed by atoms with Crippen molar-refractivity contribution in [1.29, 1.82) is 0 Å². The van der Waals surface area contributed by atoms with Gasteiger partial charge in [0.1, 0.15) is 17.8 Å². The van der Waals surface area contributed by atoms with Crippen molar-refractivity contribution in [3.05, 3.63) is 40.7 Å². The number of rotatable bonds is 5. The van der Waals surface area contributed by atoms with Crippen LogP contribution in [0.25, 0.3) is 0 Å². The van der Waals surface area contributed by atoms with E-state index in [2.05, 4.69) is 26.4 Å². The number of fused-ring (bicyclic) bond motifs is 24. The van der Waals surface area contributed by atoms with Crippen molar-refractivity contribution >= 4 is 29.5 Å². The van der Waals surface area contributed by atoms with Crippen LogP contribution in [0.1, 0.15) is 93.0 Å². The van der Waals surface area contributed by atoms with Crippen molar-refractivity contribution < 1.29 is 38.6 Å². The average Bonchev–Trinajstić information content (AvgIpc) is 3.46. The molecule has 0 fully saturated rings. The SMILES string of the molecule is COc1cc2ccc1OCC(=O)NCCCN(C(=O)c1c3c(nn1C)CCCC3)CCCCNC(=O)[C@H]([C@@H](C)O)NC(=O)[C@@H](CC(C)C)NC(=O)CC2. The molecule has 2 aliphatic heterocycles. The molecule has 53 heavy (non-hydrogen) atoms. The first-order valence-electron chi connectivity index (χ1n) is 18.8. The number of nitrogens with one attached hydrogen (secondary N) is 4. The molecule has 5 amide bonds. The molecule has 0 unspecified atom stereocenters. The molecule has 3 heterocycles. The van der Waals surface area contributed by atoms with Gasteiger partial charge in [0.25, 0.3) is 11.8 Å². The minimum Gasteiger partial charge on any atom is -0.493 e. The zero-order chi connectivity index (χ0) is 38.5. The quantitative estimate of drug-likeness (QED) is 0.283. The zero-order valence-electron chi connectivity index (χ0n) is 31.8. The van der Waals surface area contributed by atoms with Gasteiger partial charge in [-0.15, -0.1) is 0 Å². The summed E-state index contributed by atoms with van der Waals surface area (Å²) >= 11 is 0. The van der Waals surface area contributed by atoms with Gasteiger partial charge in [0, 0.05) is 45.2 Å². The Bertz CT molecular complexity index is 1590. The molecular formula is C38H57N7O8. The molecule has 2 bridgehead atoms. The third-order valence-corrected chi connectivity index (χ3v) is 9.54. The number of carbonyl (C=O) groups excluding carboxylic acids is 5. The van der Waals surface area contributed by atoms with Crippen LogP contribution in [0, 0.1) is 5.92 Å². The van der Waals surface area contributed by atoms with E-state index < -0.39 is 30.0 Å². The fraction of sp³-hybridized carbons (Fsp3) is 0.632. The lowest BCUT2D eigenvalue weighted by Crippen LogP contribution is -2.57. The lowest BCUT2D eigenvalue weighted by molar-refractivity contribution is -0.134. The van der Waals surface area contributed by atoms with E-state index in [1.807, 2.05) is 13.8 Å². The van der Waals surface area contributed by atoms with Crippen LogP contribution in [-0.2, 0) is 45.5 Å². The molecule has 3 aliphatic rings. The largest absolute Gasteiger partial charge is 0.493 e. The van der Waals surface area contributed by atoms with Gasteiger partial charge in [0.2, 0.25) is 17.7 Å². The van der Waals surface area contributed by atoms with Gasteiger partial charge < -0.3 is 40.7 Å². The number of aliphatic hydroxyl groups is 1. The van der Waals surface area contributed by atoms with Crippen LogP contribution in [0.3, 0.4) is 0 Å². The summed E-state index contributed by atoms with van der Waals surface area (Å²) in [6.07, 6.45) is 4.88. The van der Waals surface area contributed by atoms with Crippen LogP contribution in [-0.4, -0.2) is 107 Å². The molecule has 1 aromatic carbocycles. The Hall–Kier alpha value is -4.66. The molecule has 5 N–H and O–H groups in total. The number of ether oxygens (including phenoxy) is 2. The van der Waals surface area contributed by atoms with Crippen LogP contribution in [0.5, 0.6) is 11.5 Å². The number of nitrogens with zero attached hydrogens (tertiary/aromatic N) is 3. The van der Waals surface area contributed by atoms with Crippen molar-refractivity contribution in [2.75, 3.05) is 39.9 Å². The van der Waals surface area contributed by atoms with Gasteiger partial charge in [-0.1, -0.05) is 19.9 Å². The molecule has 2 aromatic rings. The normalized spacial score (nSPS) is 21.1. The number of benzene rings is 1. The molecule has 0 spiro atoms. The van der Waals surface area contributed by atoms with Crippen LogP contribution < -0.4 is 30.7 Å². The summed E-state index contributed by atoms with van der Waals surface area (Å²) in [7, 11) is 3.28. The van der Waals surface area contributed by atoms with Gasteiger partial charge in [-0.25, -0.2) is 0 Å². The molecule has 15 heteroatoms. The summed E-state index contributed by atoms with van der Waals surface area (Å²) in [4.78, 5) is 68.1. The Labute approximate surface area is 311 Å². The zero-order valence-corrected chi connectivity index (χ0v) is 31.8. The van der Waals surface area contributed by atoms with Crippen molar-refractivity contribution in [2.24, 2.45) is 13.0 Å². The van der Waals surface area contributed by atoms with Crippen LogP contribution in [0.15, 0.2) is 18.2 Å². The molecule has 5 rings (SSSR count). The number of amides is 5. The maximum absolute atomic E-state index is 14.0. The maximum atomic E-state index is 14.0. The summed E-state index contributed by atoms with van der Waals surface area (Å²) < 4.78 is 12.9. The van der Waals surface area contributed by atoms with E-state index >= 15 is 0 Å². The van der Waals surface area contributed by atoms with E-state index in [9.17, 15) is 29.1 Å². The monoisotopic (exact) mass is 739 g/mol. The Balaban J connectivity index is 1.52. The smallest absolute Gasteiger partial charge is 0.272 e. The molecular weight excluding hydrogens is 682 g/mol. The summed E-state index contributed by atoms with van der Waals surface area (Å²) in [6, 6.07) is 3.05. The highest BCUT2D eigenvalue weighted by atomic mass is 16.5.